The number of benzene rings is 2. The number of para-hydroxylation sites is 1. The highest BCUT2D eigenvalue weighted by Crippen LogP contribution is 2.34. The summed E-state index contributed by atoms with van der Waals surface area (Å²) < 4.78 is 26.0. The van der Waals surface area contributed by atoms with Gasteiger partial charge in [0.15, 0.2) is 0 Å². The lowest BCUT2D eigenvalue weighted by Crippen LogP contribution is -2.51. The number of amides is 1. The molecule has 0 unspecified atom stereocenters. The summed E-state index contributed by atoms with van der Waals surface area (Å²) in [5.74, 6) is -0.257. The highest BCUT2D eigenvalue weighted by molar-refractivity contribution is 7.92. The first-order valence-corrected chi connectivity index (χ1v) is 10.6. The van der Waals surface area contributed by atoms with E-state index in [-0.39, 0.29) is 11.9 Å². The fourth-order valence-electron chi connectivity index (χ4n) is 3.52. The number of carbonyl (C=O) groups excluding carboxylic acids is 1. The molecule has 1 aliphatic heterocycles. The standard InChI is InChI=1S/C19H21ClN2O3S/c1-13-11-15-7-4-5-10-18(15)21(13)19(23)14(2)22(26(3,24)25)17-9-6-8-16(20)12-17/h4-10,12-14H,11H2,1-3H3/t13-,14+/m0/s1. The molecule has 7 heteroatoms. The van der Waals surface area contributed by atoms with Crippen LogP contribution in [0.3, 0.4) is 0 Å². The van der Waals surface area contributed by atoms with E-state index < -0.39 is 16.1 Å². The maximum absolute atomic E-state index is 13.3. The van der Waals surface area contributed by atoms with Crippen LogP contribution in [0, 0.1) is 0 Å². The second-order valence-electron chi connectivity index (χ2n) is 6.60. The number of fused-ring (bicyclic) bond motifs is 1. The molecule has 2 atom stereocenters. The van der Waals surface area contributed by atoms with Crippen LogP contribution in [0.1, 0.15) is 19.4 Å². The summed E-state index contributed by atoms with van der Waals surface area (Å²) in [4.78, 5) is 14.9. The molecule has 0 aromatic heterocycles. The van der Waals surface area contributed by atoms with Gasteiger partial charge in [0.05, 0.1) is 11.9 Å². The normalized spacial score (nSPS) is 17.7. The van der Waals surface area contributed by atoms with Gasteiger partial charge in [-0.3, -0.25) is 9.10 Å². The van der Waals surface area contributed by atoms with Crippen molar-refractivity contribution >= 4 is 38.9 Å². The zero-order chi connectivity index (χ0) is 19.1. The first kappa shape index (κ1) is 18.7. The van der Waals surface area contributed by atoms with Gasteiger partial charge in [-0.15, -0.1) is 0 Å². The lowest BCUT2D eigenvalue weighted by Gasteiger charge is -2.33. The van der Waals surface area contributed by atoms with Crippen LogP contribution >= 0.6 is 11.6 Å². The maximum atomic E-state index is 13.3. The third-order valence-electron chi connectivity index (χ3n) is 4.57. The molecule has 138 valence electrons. The van der Waals surface area contributed by atoms with Crippen molar-refractivity contribution in [3.63, 3.8) is 0 Å². The Morgan fingerprint density at radius 2 is 1.92 bits per heavy atom. The zero-order valence-electron chi connectivity index (χ0n) is 14.9. The molecule has 1 amide bonds. The number of rotatable bonds is 4. The number of nitrogens with zero attached hydrogens (tertiary/aromatic N) is 2. The van der Waals surface area contributed by atoms with Crippen LogP contribution in [0.5, 0.6) is 0 Å². The van der Waals surface area contributed by atoms with Gasteiger partial charge in [-0.05, 0) is 50.1 Å². The van der Waals surface area contributed by atoms with E-state index in [0.29, 0.717) is 10.7 Å². The van der Waals surface area contributed by atoms with E-state index in [1.807, 2.05) is 31.2 Å². The molecule has 0 fully saturated rings. The number of carbonyl (C=O) groups is 1. The Balaban J connectivity index is 2.00. The molecule has 0 spiro atoms. The number of hydrogen-bond acceptors (Lipinski definition) is 3. The van der Waals surface area contributed by atoms with E-state index in [0.717, 1.165) is 28.2 Å². The van der Waals surface area contributed by atoms with Gasteiger partial charge in [-0.1, -0.05) is 35.9 Å². The Kier molecular flexibility index (Phi) is 4.99. The molecule has 0 radical (unpaired) electrons. The van der Waals surface area contributed by atoms with Crippen molar-refractivity contribution < 1.29 is 13.2 Å². The van der Waals surface area contributed by atoms with Gasteiger partial charge in [0.2, 0.25) is 10.0 Å². The Bertz CT molecular complexity index is 945. The molecule has 2 aromatic carbocycles. The Morgan fingerprint density at radius 3 is 2.58 bits per heavy atom. The summed E-state index contributed by atoms with van der Waals surface area (Å²) in [6, 6.07) is 13.3. The summed E-state index contributed by atoms with van der Waals surface area (Å²) in [7, 11) is -3.68. The first-order chi connectivity index (χ1) is 12.2. The fraction of sp³-hybridized carbons (Fsp3) is 0.316. The van der Waals surface area contributed by atoms with Crippen molar-refractivity contribution in [1.29, 1.82) is 0 Å². The predicted molar refractivity (Wildman–Crippen MR) is 105 cm³/mol. The van der Waals surface area contributed by atoms with Crippen LogP contribution in [0.4, 0.5) is 11.4 Å². The van der Waals surface area contributed by atoms with Crippen molar-refractivity contribution in [2.45, 2.75) is 32.4 Å². The SMILES string of the molecule is C[C@H](C(=O)N1c2ccccc2C[C@@H]1C)N(c1cccc(Cl)c1)S(C)(=O)=O. The Labute approximate surface area is 159 Å². The quantitative estimate of drug-likeness (QED) is 0.800. The van der Waals surface area contributed by atoms with Gasteiger partial charge in [-0.2, -0.15) is 0 Å². The van der Waals surface area contributed by atoms with E-state index in [4.69, 9.17) is 11.6 Å². The molecule has 26 heavy (non-hydrogen) atoms. The topological polar surface area (TPSA) is 57.7 Å². The summed E-state index contributed by atoms with van der Waals surface area (Å²) in [6.07, 6.45) is 1.85. The average Bonchev–Trinajstić information content (AvgIpc) is 2.88. The van der Waals surface area contributed by atoms with Crippen molar-refractivity contribution in [2.24, 2.45) is 0 Å². The summed E-state index contributed by atoms with van der Waals surface area (Å²) >= 11 is 6.02. The van der Waals surface area contributed by atoms with Crippen LogP contribution in [-0.2, 0) is 21.2 Å². The van der Waals surface area contributed by atoms with E-state index >= 15 is 0 Å². The number of halogens is 1. The minimum Gasteiger partial charge on any atom is -0.307 e. The van der Waals surface area contributed by atoms with Crippen LogP contribution in [0.15, 0.2) is 48.5 Å². The molecule has 0 saturated carbocycles. The number of anilines is 2. The monoisotopic (exact) mass is 392 g/mol. The third-order valence-corrected chi connectivity index (χ3v) is 6.05. The molecule has 0 bridgehead atoms. The highest BCUT2D eigenvalue weighted by Gasteiger charge is 2.37. The summed E-state index contributed by atoms with van der Waals surface area (Å²) in [5, 5.41) is 0.413. The van der Waals surface area contributed by atoms with Gasteiger partial charge >= 0.3 is 0 Å². The lowest BCUT2D eigenvalue weighted by atomic mass is 10.1. The van der Waals surface area contributed by atoms with Crippen molar-refractivity contribution in [3.8, 4) is 0 Å². The van der Waals surface area contributed by atoms with Gasteiger partial charge in [0.25, 0.3) is 5.91 Å². The Morgan fingerprint density at radius 1 is 1.23 bits per heavy atom. The Hall–Kier alpha value is -2.05. The number of hydrogen-bond donors (Lipinski definition) is 0. The summed E-state index contributed by atoms with van der Waals surface area (Å²) in [6.45, 7) is 3.58. The smallest absolute Gasteiger partial charge is 0.250 e. The molecule has 0 aliphatic carbocycles. The largest absolute Gasteiger partial charge is 0.307 e. The van der Waals surface area contributed by atoms with Gasteiger partial charge in [0.1, 0.15) is 6.04 Å². The van der Waals surface area contributed by atoms with E-state index in [1.54, 1.807) is 36.1 Å². The zero-order valence-corrected chi connectivity index (χ0v) is 16.5. The third kappa shape index (κ3) is 3.44. The van der Waals surface area contributed by atoms with Crippen LogP contribution < -0.4 is 9.21 Å². The molecule has 5 nitrogen and oxygen atoms in total. The lowest BCUT2D eigenvalue weighted by molar-refractivity contribution is -0.119. The molecule has 1 aliphatic rings. The van der Waals surface area contributed by atoms with E-state index in [9.17, 15) is 13.2 Å². The molecule has 1 heterocycles. The molecular weight excluding hydrogens is 372 g/mol. The van der Waals surface area contributed by atoms with Crippen LogP contribution in [-0.4, -0.2) is 32.7 Å². The molecule has 0 N–H and O–H groups in total. The highest BCUT2D eigenvalue weighted by atomic mass is 35.5. The van der Waals surface area contributed by atoms with E-state index in [2.05, 4.69) is 0 Å². The molecule has 3 rings (SSSR count). The molecule has 0 saturated heterocycles. The molecule has 2 aromatic rings. The van der Waals surface area contributed by atoms with Gasteiger partial charge in [0, 0.05) is 16.8 Å². The van der Waals surface area contributed by atoms with Crippen molar-refractivity contribution in [3.05, 3.63) is 59.1 Å². The fourth-order valence-corrected chi connectivity index (χ4v) is 4.86. The van der Waals surface area contributed by atoms with Gasteiger partial charge in [-0.25, -0.2) is 8.42 Å². The van der Waals surface area contributed by atoms with Crippen molar-refractivity contribution in [2.75, 3.05) is 15.5 Å². The van der Waals surface area contributed by atoms with Crippen LogP contribution in [0.2, 0.25) is 5.02 Å². The average molecular weight is 393 g/mol. The minimum atomic E-state index is -3.68. The molecular formula is C19H21ClN2O3S. The van der Waals surface area contributed by atoms with Crippen molar-refractivity contribution in [1.82, 2.24) is 0 Å². The second kappa shape index (κ2) is 6.93. The number of sulfonamides is 1. The van der Waals surface area contributed by atoms with Crippen LogP contribution in [0.25, 0.3) is 0 Å². The minimum absolute atomic E-state index is 0.0249. The maximum Gasteiger partial charge on any atom is 0.250 e. The predicted octanol–water partition coefficient (Wildman–Crippen LogP) is 3.47. The van der Waals surface area contributed by atoms with Gasteiger partial charge < -0.3 is 4.90 Å². The summed E-state index contributed by atoms with van der Waals surface area (Å²) in [5.41, 5.74) is 2.31. The first-order valence-electron chi connectivity index (χ1n) is 8.36. The van der Waals surface area contributed by atoms with E-state index in [1.165, 1.54) is 0 Å². The second-order valence-corrected chi connectivity index (χ2v) is 8.90.